The Morgan fingerprint density at radius 1 is 0.789 bits per heavy atom. The molecule has 0 saturated carbocycles. The van der Waals surface area contributed by atoms with E-state index in [1.165, 1.54) is 32.1 Å². The third-order valence-electron chi connectivity index (χ3n) is 3.04. The second-order valence-corrected chi connectivity index (χ2v) is 6.97. The Hall–Kier alpha value is 0.110. The molecule has 0 aliphatic heterocycles. The van der Waals surface area contributed by atoms with Gasteiger partial charge in [-0.3, -0.25) is 4.57 Å². The number of hydrogen-bond acceptors (Lipinski definition) is 4. The van der Waals surface area contributed by atoms with Crippen LogP contribution in [-0.4, -0.2) is 25.9 Å². The van der Waals surface area contributed by atoms with Crippen molar-refractivity contribution in [1.29, 1.82) is 0 Å². The normalized spacial score (nSPS) is 11.9. The van der Waals surface area contributed by atoms with Crippen molar-refractivity contribution >= 4 is 7.60 Å². The number of hydrogen-bond donors (Lipinski definition) is 1. The molecule has 0 heterocycles. The molecule has 2 N–H and O–H groups in total. The van der Waals surface area contributed by atoms with E-state index in [1.807, 2.05) is 13.8 Å². The molecular weight excluding hydrogens is 261 g/mol. The van der Waals surface area contributed by atoms with Crippen LogP contribution < -0.4 is 5.73 Å². The van der Waals surface area contributed by atoms with Gasteiger partial charge in [0.15, 0.2) is 0 Å². The van der Waals surface area contributed by atoms with Crippen LogP contribution in [0.4, 0.5) is 0 Å². The summed E-state index contributed by atoms with van der Waals surface area (Å²) in [7, 11) is -2.80. The van der Waals surface area contributed by atoms with Crippen LogP contribution in [0.3, 0.4) is 0 Å². The minimum atomic E-state index is -2.80. The molecule has 0 aromatic rings. The van der Waals surface area contributed by atoms with Crippen molar-refractivity contribution < 1.29 is 13.6 Å². The predicted molar refractivity (Wildman–Crippen MR) is 81.7 cm³/mol. The second-order valence-electron chi connectivity index (χ2n) is 4.79. The van der Waals surface area contributed by atoms with Crippen LogP contribution in [0.2, 0.25) is 0 Å². The van der Waals surface area contributed by atoms with Crippen molar-refractivity contribution in [2.45, 2.75) is 65.2 Å². The van der Waals surface area contributed by atoms with Crippen LogP contribution in [0.1, 0.15) is 65.2 Å². The van der Waals surface area contributed by atoms with Crippen molar-refractivity contribution in [3.05, 3.63) is 0 Å². The van der Waals surface area contributed by atoms with Gasteiger partial charge in [-0.05, 0) is 33.2 Å². The van der Waals surface area contributed by atoms with Gasteiger partial charge in [0, 0.05) is 0 Å². The van der Waals surface area contributed by atoms with Crippen LogP contribution >= 0.6 is 7.60 Å². The van der Waals surface area contributed by atoms with E-state index in [0.29, 0.717) is 19.4 Å². The molecule has 0 radical (unpaired) electrons. The van der Waals surface area contributed by atoms with E-state index >= 15 is 0 Å². The smallest absolute Gasteiger partial charge is 0.330 e. The Morgan fingerprint density at radius 3 is 1.63 bits per heavy atom. The zero-order chi connectivity index (χ0) is 14.4. The Labute approximate surface area is 119 Å². The predicted octanol–water partition coefficient (Wildman–Crippen LogP) is 4.33. The summed E-state index contributed by atoms with van der Waals surface area (Å²) >= 11 is 0. The Bertz CT molecular complexity index is 227. The highest BCUT2D eigenvalue weighted by Gasteiger charge is 2.22. The maximum atomic E-state index is 12.2. The molecule has 0 fully saturated rings. The second kappa shape index (κ2) is 13.1. The van der Waals surface area contributed by atoms with Gasteiger partial charge in [-0.1, -0.05) is 38.5 Å². The minimum absolute atomic E-state index is 0.457. The topological polar surface area (TPSA) is 61.5 Å². The van der Waals surface area contributed by atoms with Crippen LogP contribution in [0.25, 0.3) is 0 Å². The molecule has 19 heavy (non-hydrogen) atoms. The van der Waals surface area contributed by atoms with Crippen molar-refractivity contribution in [1.82, 2.24) is 0 Å². The molecule has 0 aromatic carbocycles. The third kappa shape index (κ3) is 11.6. The lowest BCUT2D eigenvalue weighted by Gasteiger charge is -2.16. The minimum Gasteiger partial charge on any atom is -0.330 e. The van der Waals surface area contributed by atoms with Gasteiger partial charge in [-0.25, -0.2) is 0 Å². The summed E-state index contributed by atoms with van der Waals surface area (Å²) < 4.78 is 22.7. The monoisotopic (exact) mass is 293 g/mol. The summed E-state index contributed by atoms with van der Waals surface area (Å²) in [5.74, 6) is 0. The van der Waals surface area contributed by atoms with Crippen LogP contribution in [0, 0.1) is 0 Å². The van der Waals surface area contributed by atoms with Gasteiger partial charge in [0.2, 0.25) is 0 Å². The average molecular weight is 293 g/mol. The molecule has 0 aliphatic rings. The van der Waals surface area contributed by atoms with Crippen molar-refractivity contribution in [2.24, 2.45) is 5.73 Å². The molecule has 0 spiro atoms. The van der Waals surface area contributed by atoms with E-state index in [-0.39, 0.29) is 0 Å². The summed E-state index contributed by atoms with van der Waals surface area (Å²) in [5, 5.41) is 0. The zero-order valence-corrected chi connectivity index (χ0v) is 13.6. The maximum Gasteiger partial charge on any atom is 0.330 e. The standard InChI is InChI=1S/C14H32NO3P/c1-3-17-19(16,18-4-2)14-12-10-8-6-5-7-9-11-13-15/h3-15H2,1-2H3. The molecular formula is C14H32NO3P. The first-order chi connectivity index (χ1) is 9.18. The Kier molecular flexibility index (Phi) is 13.2. The van der Waals surface area contributed by atoms with Gasteiger partial charge in [0.1, 0.15) is 0 Å². The van der Waals surface area contributed by atoms with E-state index in [4.69, 9.17) is 14.8 Å². The van der Waals surface area contributed by atoms with Crippen LogP contribution in [0.5, 0.6) is 0 Å². The number of nitrogens with two attached hydrogens (primary N) is 1. The Morgan fingerprint density at radius 2 is 1.21 bits per heavy atom. The summed E-state index contributed by atoms with van der Waals surface area (Å²) in [4.78, 5) is 0. The largest absolute Gasteiger partial charge is 0.330 e. The highest BCUT2D eigenvalue weighted by Crippen LogP contribution is 2.48. The van der Waals surface area contributed by atoms with Gasteiger partial charge in [-0.15, -0.1) is 0 Å². The van der Waals surface area contributed by atoms with Gasteiger partial charge < -0.3 is 14.8 Å². The first kappa shape index (κ1) is 19.1. The summed E-state index contributed by atoms with van der Waals surface area (Å²) in [6.07, 6.45) is 10.0. The molecule has 116 valence electrons. The lowest BCUT2D eigenvalue weighted by atomic mass is 10.1. The SMILES string of the molecule is CCOP(=O)(CCCCCCCCCCN)OCC. The molecule has 0 aromatic heterocycles. The van der Waals surface area contributed by atoms with Crippen LogP contribution in [-0.2, 0) is 13.6 Å². The summed E-state index contributed by atoms with van der Waals surface area (Å²) in [6.45, 7) is 5.43. The molecule has 0 bridgehead atoms. The Balaban J connectivity index is 3.47. The lowest BCUT2D eigenvalue weighted by molar-refractivity contribution is 0.219. The van der Waals surface area contributed by atoms with Gasteiger partial charge in [-0.2, -0.15) is 0 Å². The van der Waals surface area contributed by atoms with Gasteiger partial charge >= 0.3 is 7.60 Å². The van der Waals surface area contributed by atoms with Crippen LogP contribution in [0.15, 0.2) is 0 Å². The summed E-state index contributed by atoms with van der Waals surface area (Å²) in [6, 6.07) is 0. The van der Waals surface area contributed by atoms with Gasteiger partial charge in [0.25, 0.3) is 0 Å². The van der Waals surface area contributed by atoms with E-state index in [2.05, 4.69) is 0 Å². The molecule has 0 unspecified atom stereocenters. The average Bonchev–Trinajstić information content (AvgIpc) is 2.37. The molecule has 0 atom stereocenters. The maximum absolute atomic E-state index is 12.2. The molecule has 0 saturated heterocycles. The highest BCUT2D eigenvalue weighted by atomic mass is 31.2. The van der Waals surface area contributed by atoms with Crippen molar-refractivity contribution in [2.75, 3.05) is 25.9 Å². The zero-order valence-electron chi connectivity index (χ0n) is 12.7. The summed E-state index contributed by atoms with van der Waals surface area (Å²) in [5.41, 5.74) is 5.45. The van der Waals surface area contributed by atoms with E-state index in [1.54, 1.807) is 0 Å². The van der Waals surface area contributed by atoms with Crippen molar-refractivity contribution in [3.8, 4) is 0 Å². The molecule has 0 rings (SSSR count). The van der Waals surface area contributed by atoms with E-state index < -0.39 is 7.60 Å². The first-order valence-electron chi connectivity index (χ1n) is 7.76. The molecule has 5 heteroatoms. The molecule has 0 amide bonds. The van der Waals surface area contributed by atoms with Gasteiger partial charge in [0.05, 0.1) is 19.4 Å². The van der Waals surface area contributed by atoms with Crippen molar-refractivity contribution in [3.63, 3.8) is 0 Å². The number of unbranched alkanes of at least 4 members (excludes halogenated alkanes) is 7. The fraction of sp³-hybridized carbons (Fsp3) is 1.00. The first-order valence-corrected chi connectivity index (χ1v) is 9.49. The quantitative estimate of drug-likeness (QED) is 0.382. The fourth-order valence-corrected chi connectivity index (χ4v) is 3.80. The highest BCUT2D eigenvalue weighted by molar-refractivity contribution is 7.53. The fourth-order valence-electron chi connectivity index (χ4n) is 2.07. The number of rotatable bonds is 14. The molecule has 0 aliphatic carbocycles. The van der Waals surface area contributed by atoms with E-state index in [0.717, 1.165) is 25.8 Å². The van der Waals surface area contributed by atoms with E-state index in [9.17, 15) is 4.57 Å². The molecule has 4 nitrogen and oxygen atoms in total. The third-order valence-corrected chi connectivity index (χ3v) is 5.20. The lowest BCUT2D eigenvalue weighted by Crippen LogP contribution is -2.00.